The molecule has 2 saturated heterocycles. The Labute approximate surface area is 175 Å². The minimum atomic E-state index is -3.70. The molecule has 2 amide bonds. The predicted octanol–water partition coefficient (Wildman–Crippen LogP) is 3.10. The zero-order valence-corrected chi connectivity index (χ0v) is 17.4. The molecular weight excluding hydrogens is 400 g/mol. The molecule has 2 aromatic carbocycles. The van der Waals surface area contributed by atoms with E-state index < -0.39 is 21.9 Å². The first kappa shape index (κ1) is 19.1. The maximum absolute atomic E-state index is 13.3. The van der Waals surface area contributed by atoms with Crippen molar-refractivity contribution in [2.24, 2.45) is 17.8 Å². The predicted molar refractivity (Wildman–Crippen MR) is 112 cm³/mol. The normalized spacial score (nSPS) is 25.9. The SMILES string of the molecule is Cc1ccc(S(=O)(=O)N2CCC3C2=CC[C@@H]2C(=O)N(c4ccccc4)C(=O)[C@H]32)cc1. The monoisotopic (exact) mass is 422 g/mol. The fraction of sp³-hybridized carbons (Fsp3) is 0.304. The van der Waals surface area contributed by atoms with Gasteiger partial charge in [-0.15, -0.1) is 0 Å². The number of hydrogen-bond acceptors (Lipinski definition) is 4. The smallest absolute Gasteiger partial charge is 0.264 e. The lowest BCUT2D eigenvalue weighted by Crippen LogP contribution is -2.34. The topological polar surface area (TPSA) is 74.8 Å². The number of carbonyl (C=O) groups is 2. The molecule has 0 N–H and O–H groups in total. The zero-order chi connectivity index (χ0) is 21.0. The van der Waals surface area contributed by atoms with E-state index in [2.05, 4.69) is 0 Å². The first-order chi connectivity index (χ1) is 14.4. The Kier molecular flexibility index (Phi) is 4.32. The molecule has 154 valence electrons. The Bertz CT molecular complexity index is 1160. The summed E-state index contributed by atoms with van der Waals surface area (Å²) in [7, 11) is -3.70. The number of allylic oxidation sites excluding steroid dienone is 2. The molecule has 1 unspecified atom stereocenters. The number of imide groups is 1. The molecule has 0 saturated carbocycles. The maximum Gasteiger partial charge on any atom is 0.264 e. The lowest BCUT2D eigenvalue weighted by molar-refractivity contribution is -0.122. The third kappa shape index (κ3) is 2.72. The molecule has 0 radical (unpaired) electrons. The molecule has 6 nitrogen and oxygen atoms in total. The fourth-order valence-corrected chi connectivity index (χ4v) is 6.53. The van der Waals surface area contributed by atoms with Crippen molar-refractivity contribution in [2.75, 3.05) is 11.4 Å². The molecular formula is C23H22N2O4S. The van der Waals surface area contributed by atoms with Crippen molar-refractivity contribution in [1.82, 2.24) is 4.31 Å². The number of sulfonamides is 1. The van der Waals surface area contributed by atoms with Crippen molar-refractivity contribution in [3.63, 3.8) is 0 Å². The van der Waals surface area contributed by atoms with Gasteiger partial charge in [0.25, 0.3) is 10.0 Å². The summed E-state index contributed by atoms with van der Waals surface area (Å²) in [6.07, 6.45) is 2.77. The van der Waals surface area contributed by atoms with Gasteiger partial charge in [0.2, 0.25) is 11.8 Å². The second-order valence-electron chi connectivity index (χ2n) is 8.13. The van der Waals surface area contributed by atoms with Gasteiger partial charge in [0.05, 0.1) is 22.4 Å². The maximum atomic E-state index is 13.3. The molecule has 3 atom stereocenters. The van der Waals surface area contributed by atoms with Gasteiger partial charge < -0.3 is 0 Å². The van der Waals surface area contributed by atoms with Crippen molar-refractivity contribution in [3.05, 3.63) is 71.9 Å². The van der Waals surface area contributed by atoms with Crippen LogP contribution < -0.4 is 4.90 Å². The van der Waals surface area contributed by atoms with E-state index in [0.717, 1.165) is 5.56 Å². The molecule has 1 aliphatic carbocycles. The van der Waals surface area contributed by atoms with Crippen molar-refractivity contribution < 1.29 is 18.0 Å². The van der Waals surface area contributed by atoms with E-state index in [1.807, 2.05) is 19.1 Å². The average Bonchev–Trinajstić information content (AvgIpc) is 3.28. The van der Waals surface area contributed by atoms with Crippen molar-refractivity contribution >= 4 is 27.5 Å². The fourth-order valence-electron chi connectivity index (χ4n) is 4.96. The summed E-state index contributed by atoms with van der Waals surface area (Å²) in [5, 5.41) is 0. The van der Waals surface area contributed by atoms with E-state index in [0.29, 0.717) is 30.8 Å². The summed E-state index contributed by atoms with van der Waals surface area (Å²) in [6, 6.07) is 15.7. The number of anilines is 1. The first-order valence-electron chi connectivity index (χ1n) is 10.1. The van der Waals surface area contributed by atoms with Gasteiger partial charge >= 0.3 is 0 Å². The summed E-state index contributed by atoms with van der Waals surface area (Å²) in [4.78, 5) is 27.8. The van der Waals surface area contributed by atoms with E-state index in [-0.39, 0.29) is 22.6 Å². The highest BCUT2D eigenvalue weighted by atomic mass is 32.2. The number of para-hydroxylation sites is 1. The molecule has 7 heteroatoms. The van der Waals surface area contributed by atoms with Gasteiger partial charge in [-0.25, -0.2) is 8.42 Å². The van der Waals surface area contributed by atoms with Crippen LogP contribution in [0.5, 0.6) is 0 Å². The molecule has 30 heavy (non-hydrogen) atoms. The quantitative estimate of drug-likeness (QED) is 0.713. The highest BCUT2D eigenvalue weighted by molar-refractivity contribution is 7.89. The van der Waals surface area contributed by atoms with Gasteiger partial charge in [0.1, 0.15) is 0 Å². The Morgan fingerprint density at radius 3 is 2.30 bits per heavy atom. The number of carbonyl (C=O) groups excluding carboxylic acids is 2. The zero-order valence-electron chi connectivity index (χ0n) is 16.6. The van der Waals surface area contributed by atoms with Crippen LogP contribution in [0.25, 0.3) is 0 Å². The van der Waals surface area contributed by atoms with Gasteiger partial charge in [-0.2, -0.15) is 0 Å². The molecule has 2 heterocycles. The molecule has 3 aliphatic rings. The molecule has 2 aliphatic heterocycles. The Morgan fingerprint density at radius 1 is 0.900 bits per heavy atom. The number of benzene rings is 2. The minimum absolute atomic E-state index is 0.189. The Hall–Kier alpha value is -2.93. The number of hydrogen-bond donors (Lipinski definition) is 0. The highest BCUT2D eigenvalue weighted by Crippen LogP contribution is 2.49. The van der Waals surface area contributed by atoms with Crippen LogP contribution in [-0.2, 0) is 19.6 Å². The van der Waals surface area contributed by atoms with Gasteiger partial charge in [-0.1, -0.05) is 42.0 Å². The summed E-state index contributed by atoms with van der Waals surface area (Å²) < 4.78 is 27.9. The molecule has 0 aromatic heterocycles. The van der Waals surface area contributed by atoms with Crippen LogP contribution >= 0.6 is 0 Å². The van der Waals surface area contributed by atoms with Crippen LogP contribution in [0.15, 0.2) is 71.3 Å². The van der Waals surface area contributed by atoms with E-state index in [4.69, 9.17) is 0 Å². The molecule has 2 fully saturated rings. The second kappa shape index (κ2) is 6.80. The van der Waals surface area contributed by atoms with Crippen molar-refractivity contribution in [2.45, 2.75) is 24.7 Å². The van der Waals surface area contributed by atoms with Crippen LogP contribution in [0.1, 0.15) is 18.4 Å². The van der Waals surface area contributed by atoms with Crippen LogP contribution in [0.4, 0.5) is 5.69 Å². The number of nitrogens with zero attached hydrogens (tertiary/aromatic N) is 2. The van der Waals surface area contributed by atoms with E-state index >= 15 is 0 Å². The summed E-state index contributed by atoms with van der Waals surface area (Å²) in [5.74, 6) is -1.59. The van der Waals surface area contributed by atoms with Crippen LogP contribution in [0.3, 0.4) is 0 Å². The molecule has 5 rings (SSSR count). The molecule has 2 aromatic rings. The van der Waals surface area contributed by atoms with Gasteiger partial charge in [-0.05, 0) is 44.0 Å². The van der Waals surface area contributed by atoms with Crippen molar-refractivity contribution in [1.29, 1.82) is 0 Å². The summed E-state index contributed by atoms with van der Waals surface area (Å²) in [6.45, 7) is 2.23. The van der Waals surface area contributed by atoms with Crippen molar-refractivity contribution in [3.8, 4) is 0 Å². The lowest BCUT2D eigenvalue weighted by atomic mass is 9.75. The number of rotatable bonds is 3. The standard InChI is InChI=1S/C23H22N2O4S/c1-15-7-9-17(10-8-15)30(28,29)24-14-13-18-20(24)12-11-19-21(18)23(27)25(22(19)26)16-5-3-2-4-6-16/h2-10,12,18-19,21H,11,13-14H2,1H3/t18?,19-,21+/m0/s1. The number of amides is 2. The minimum Gasteiger partial charge on any atom is -0.274 e. The summed E-state index contributed by atoms with van der Waals surface area (Å²) in [5.41, 5.74) is 2.22. The van der Waals surface area contributed by atoms with Gasteiger partial charge in [0.15, 0.2) is 0 Å². The molecule has 0 bridgehead atoms. The van der Waals surface area contributed by atoms with Gasteiger partial charge in [-0.3, -0.25) is 18.8 Å². The average molecular weight is 423 g/mol. The number of aryl methyl sites for hydroxylation is 1. The first-order valence-corrected chi connectivity index (χ1v) is 11.6. The van der Waals surface area contributed by atoms with Crippen LogP contribution in [-0.4, -0.2) is 31.1 Å². The second-order valence-corrected chi connectivity index (χ2v) is 9.99. The van der Waals surface area contributed by atoms with Crippen LogP contribution in [0, 0.1) is 24.7 Å². The van der Waals surface area contributed by atoms with E-state index in [1.54, 1.807) is 48.5 Å². The Balaban J connectivity index is 1.47. The lowest BCUT2D eigenvalue weighted by Gasteiger charge is -2.30. The third-order valence-corrected chi connectivity index (χ3v) is 8.27. The van der Waals surface area contributed by atoms with E-state index in [9.17, 15) is 18.0 Å². The van der Waals surface area contributed by atoms with Crippen LogP contribution in [0.2, 0.25) is 0 Å². The Morgan fingerprint density at radius 2 is 1.60 bits per heavy atom. The number of fused-ring (bicyclic) bond motifs is 3. The third-order valence-electron chi connectivity index (χ3n) is 6.43. The van der Waals surface area contributed by atoms with Gasteiger partial charge in [0, 0.05) is 18.2 Å². The molecule has 0 spiro atoms. The summed E-state index contributed by atoms with van der Waals surface area (Å²) >= 11 is 0. The van der Waals surface area contributed by atoms with E-state index in [1.165, 1.54) is 9.21 Å². The largest absolute Gasteiger partial charge is 0.274 e. The highest BCUT2D eigenvalue weighted by Gasteiger charge is 2.56.